The Labute approximate surface area is 153 Å². The van der Waals surface area contributed by atoms with Crippen molar-refractivity contribution in [2.45, 2.75) is 6.42 Å². The molecule has 0 bridgehead atoms. The minimum absolute atomic E-state index is 0.0300. The van der Waals surface area contributed by atoms with Crippen molar-refractivity contribution in [3.8, 4) is 0 Å². The number of ketones is 2. The van der Waals surface area contributed by atoms with E-state index in [4.69, 9.17) is 0 Å². The van der Waals surface area contributed by atoms with Crippen LogP contribution in [-0.4, -0.2) is 11.6 Å². The molecule has 26 heavy (non-hydrogen) atoms. The van der Waals surface area contributed by atoms with Gasteiger partial charge < -0.3 is 0 Å². The van der Waals surface area contributed by atoms with Gasteiger partial charge in [-0.05, 0) is 5.56 Å². The number of allylic oxidation sites excluding steroid dienone is 1. The zero-order chi connectivity index (χ0) is 18.2. The third kappa shape index (κ3) is 4.64. The molecule has 0 heterocycles. The molecule has 0 aliphatic heterocycles. The Balaban J connectivity index is 1.85. The molecule has 0 spiro atoms. The van der Waals surface area contributed by atoms with Crippen molar-refractivity contribution in [3.05, 3.63) is 114 Å². The minimum atomic E-state index is -0.495. The van der Waals surface area contributed by atoms with Crippen molar-refractivity contribution in [2.24, 2.45) is 5.92 Å². The molecule has 0 fully saturated rings. The van der Waals surface area contributed by atoms with Gasteiger partial charge in [0.25, 0.3) is 0 Å². The van der Waals surface area contributed by atoms with Gasteiger partial charge in [0.2, 0.25) is 0 Å². The van der Waals surface area contributed by atoms with E-state index >= 15 is 0 Å². The van der Waals surface area contributed by atoms with Crippen LogP contribution in [0.1, 0.15) is 32.7 Å². The second kappa shape index (κ2) is 8.72. The van der Waals surface area contributed by atoms with Gasteiger partial charge in [0, 0.05) is 23.5 Å². The predicted octanol–water partition coefficient (Wildman–Crippen LogP) is 5.47. The molecule has 0 aliphatic carbocycles. The molecule has 128 valence electrons. The van der Waals surface area contributed by atoms with Crippen molar-refractivity contribution in [3.63, 3.8) is 0 Å². The first kappa shape index (κ1) is 17.6. The van der Waals surface area contributed by atoms with Crippen molar-refractivity contribution >= 4 is 17.6 Å². The van der Waals surface area contributed by atoms with Gasteiger partial charge >= 0.3 is 0 Å². The number of carbonyl (C=O) groups is 2. The van der Waals surface area contributed by atoms with Crippen LogP contribution < -0.4 is 0 Å². The summed E-state index contributed by atoms with van der Waals surface area (Å²) in [6.45, 7) is 0. The number of benzene rings is 3. The lowest BCUT2D eigenvalue weighted by Crippen LogP contribution is -2.17. The van der Waals surface area contributed by atoms with Crippen molar-refractivity contribution < 1.29 is 9.59 Å². The van der Waals surface area contributed by atoms with E-state index in [9.17, 15) is 9.59 Å². The third-order valence-electron chi connectivity index (χ3n) is 4.22. The lowest BCUT2D eigenvalue weighted by molar-refractivity contribution is 0.0879. The Morgan fingerprint density at radius 1 is 0.692 bits per heavy atom. The smallest absolute Gasteiger partial charge is 0.170 e. The summed E-state index contributed by atoms with van der Waals surface area (Å²) in [5.41, 5.74) is 2.26. The van der Waals surface area contributed by atoms with Gasteiger partial charge in [-0.3, -0.25) is 9.59 Å². The Kier molecular flexibility index (Phi) is 5.89. The van der Waals surface area contributed by atoms with Gasteiger partial charge in [-0.1, -0.05) is 103 Å². The van der Waals surface area contributed by atoms with Crippen LogP contribution in [0.4, 0.5) is 0 Å². The highest BCUT2D eigenvalue weighted by molar-refractivity contribution is 6.04. The topological polar surface area (TPSA) is 34.1 Å². The maximum atomic E-state index is 12.9. The molecule has 3 rings (SSSR count). The fourth-order valence-corrected chi connectivity index (χ4v) is 2.80. The van der Waals surface area contributed by atoms with Crippen LogP contribution in [0.25, 0.3) is 6.08 Å². The van der Waals surface area contributed by atoms with Crippen molar-refractivity contribution in [1.29, 1.82) is 0 Å². The van der Waals surface area contributed by atoms with Gasteiger partial charge in [0.05, 0.1) is 0 Å². The Hall–Kier alpha value is -3.26. The summed E-state index contributed by atoms with van der Waals surface area (Å²) in [7, 11) is 0. The lowest BCUT2D eigenvalue weighted by Gasteiger charge is -2.12. The molecule has 1 atom stereocenters. The van der Waals surface area contributed by atoms with Crippen LogP contribution in [0.5, 0.6) is 0 Å². The van der Waals surface area contributed by atoms with E-state index in [1.54, 1.807) is 24.3 Å². The number of hydrogen-bond acceptors (Lipinski definition) is 2. The average Bonchev–Trinajstić information content (AvgIpc) is 2.72. The zero-order valence-corrected chi connectivity index (χ0v) is 14.4. The summed E-state index contributed by atoms with van der Waals surface area (Å²) in [6, 6.07) is 28.0. The van der Waals surface area contributed by atoms with Crippen LogP contribution in [0, 0.1) is 5.92 Å². The van der Waals surface area contributed by atoms with Gasteiger partial charge in [0.1, 0.15) is 0 Å². The van der Waals surface area contributed by atoms with Crippen LogP contribution >= 0.6 is 0 Å². The van der Waals surface area contributed by atoms with Gasteiger partial charge in [0.15, 0.2) is 11.6 Å². The molecular formula is C24H20O2. The van der Waals surface area contributed by atoms with Gasteiger partial charge in [-0.2, -0.15) is 0 Å². The van der Waals surface area contributed by atoms with Gasteiger partial charge in [-0.25, -0.2) is 0 Å². The first-order valence-electron chi connectivity index (χ1n) is 8.65. The molecule has 1 unspecified atom stereocenters. The fraction of sp³-hybridized carbons (Fsp3) is 0.0833. The summed E-state index contributed by atoms with van der Waals surface area (Å²) < 4.78 is 0. The van der Waals surface area contributed by atoms with E-state index in [2.05, 4.69) is 0 Å². The quantitative estimate of drug-likeness (QED) is 0.534. The molecule has 0 saturated heterocycles. The molecule has 2 heteroatoms. The Morgan fingerprint density at radius 3 is 1.77 bits per heavy atom. The monoisotopic (exact) mass is 340 g/mol. The molecule has 0 saturated carbocycles. The molecule has 0 aliphatic rings. The van der Waals surface area contributed by atoms with E-state index in [-0.39, 0.29) is 18.0 Å². The highest BCUT2D eigenvalue weighted by Crippen LogP contribution is 2.19. The van der Waals surface area contributed by atoms with Gasteiger partial charge in [-0.15, -0.1) is 0 Å². The fourth-order valence-electron chi connectivity index (χ4n) is 2.80. The number of Topliss-reactive ketones (excluding diaryl/α,β-unsaturated/α-hetero) is 2. The summed E-state index contributed by atoms with van der Waals surface area (Å²) >= 11 is 0. The van der Waals surface area contributed by atoms with Crippen molar-refractivity contribution in [2.75, 3.05) is 0 Å². The zero-order valence-electron chi connectivity index (χ0n) is 14.4. The van der Waals surface area contributed by atoms with E-state index < -0.39 is 5.92 Å². The second-order valence-electron chi connectivity index (χ2n) is 6.10. The molecule has 3 aromatic carbocycles. The van der Waals surface area contributed by atoms with Crippen LogP contribution in [0.3, 0.4) is 0 Å². The Morgan fingerprint density at radius 2 is 1.19 bits per heavy atom. The number of hydrogen-bond donors (Lipinski definition) is 0. The largest absolute Gasteiger partial charge is 0.294 e. The van der Waals surface area contributed by atoms with Crippen molar-refractivity contribution in [1.82, 2.24) is 0 Å². The maximum Gasteiger partial charge on any atom is 0.170 e. The molecular weight excluding hydrogens is 320 g/mol. The highest BCUT2D eigenvalue weighted by Gasteiger charge is 2.21. The summed E-state index contributed by atoms with van der Waals surface area (Å²) in [6.07, 6.45) is 3.90. The van der Waals surface area contributed by atoms with Crippen LogP contribution in [-0.2, 0) is 0 Å². The summed E-state index contributed by atoms with van der Waals surface area (Å²) in [5.74, 6) is -0.565. The normalized spacial score (nSPS) is 12.0. The van der Waals surface area contributed by atoms with E-state index in [0.717, 1.165) is 5.56 Å². The second-order valence-corrected chi connectivity index (χ2v) is 6.10. The molecule has 0 radical (unpaired) electrons. The standard InChI is InChI=1S/C24H20O2/c25-23(20-12-6-2-7-13-20)18-22(17-16-19-10-4-1-5-11-19)24(26)21-14-8-3-9-15-21/h1-17,22H,18H2. The summed E-state index contributed by atoms with van der Waals surface area (Å²) in [5, 5.41) is 0. The summed E-state index contributed by atoms with van der Waals surface area (Å²) in [4.78, 5) is 25.5. The molecule has 2 nitrogen and oxygen atoms in total. The molecule has 0 N–H and O–H groups in total. The average molecular weight is 340 g/mol. The maximum absolute atomic E-state index is 12.9. The first-order valence-corrected chi connectivity index (χ1v) is 8.65. The highest BCUT2D eigenvalue weighted by atomic mass is 16.1. The third-order valence-corrected chi connectivity index (χ3v) is 4.22. The number of carbonyl (C=O) groups excluding carboxylic acids is 2. The molecule has 0 amide bonds. The predicted molar refractivity (Wildman–Crippen MR) is 105 cm³/mol. The molecule has 3 aromatic rings. The van der Waals surface area contributed by atoms with Crippen LogP contribution in [0.2, 0.25) is 0 Å². The number of rotatable bonds is 7. The van der Waals surface area contributed by atoms with E-state index in [1.165, 1.54) is 0 Å². The first-order chi connectivity index (χ1) is 12.7. The van der Waals surface area contributed by atoms with Crippen LogP contribution in [0.15, 0.2) is 97.1 Å². The lowest BCUT2D eigenvalue weighted by atomic mass is 9.90. The minimum Gasteiger partial charge on any atom is -0.294 e. The molecule has 0 aromatic heterocycles. The van der Waals surface area contributed by atoms with E-state index in [1.807, 2.05) is 78.9 Å². The van der Waals surface area contributed by atoms with E-state index in [0.29, 0.717) is 11.1 Å². The Bertz CT molecular complexity index is 881. The SMILES string of the molecule is O=C(CC(C=Cc1ccccc1)C(=O)c1ccccc1)c1ccccc1.